The van der Waals surface area contributed by atoms with Gasteiger partial charge in [-0.05, 0) is 54.7 Å². The van der Waals surface area contributed by atoms with Gasteiger partial charge in [0.2, 0.25) is 0 Å². The van der Waals surface area contributed by atoms with Gasteiger partial charge in [0.1, 0.15) is 0 Å². The number of nitro benzene ring substituents is 1. The fourth-order valence-electron chi connectivity index (χ4n) is 3.48. The molecule has 0 spiro atoms. The van der Waals surface area contributed by atoms with Crippen LogP contribution in [0.3, 0.4) is 0 Å². The topological polar surface area (TPSA) is 58.4 Å². The zero-order valence-electron chi connectivity index (χ0n) is 11.4. The summed E-state index contributed by atoms with van der Waals surface area (Å²) >= 11 is 3.42. The predicted octanol–water partition coefficient (Wildman–Crippen LogP) is 3.39. The van der Waals surface area contributed by atoms with Crippen molar-refractivity contribution in [2.45, 2.75) is 43.8 Å². The Labute approximate surface area is 126 Å². The van der Waals surface area contributed by atoms with Crippen molar-refractivity contribution in [2.75, 3.05) is 12.4 Å². The molecule has 2 heterocycles. The second-order valence-electron chi connectivity index (χ2n) is 5.78. The number of nitrogens with zero attached hydrogens (tertiary/aromatic N) is 2. The maximum Gasteiger partial charge on any atom is 0.270 e. The zero-order valence-corrected chi connectivity index (χ0v) is 13.0. The Morgan fingerprint density at radius 1 is 1.35 bits per heavy atom. The highest BCUT2D eigenvalue weighted by atomic mass is 79.9. The van der Waals surface area contributed by atoms with Crippen LogP contribution in [0.4, 0.5) is 11.4 Å². The molecule has 1 N–H and O–H groups in total. The van der Waals surface area contributed by atoms with Crippen LogP contribution in [0, 0.1) is 10.1 Å². The van der Waals surface area contributed by atoms with Crippen molar-refractivity contribution in [1.82, 2.24) is 4.90 Å². The minimum atomic E-state index is -0.371. The molecule has 20 heavy (non-hydrogen) atoms. The molecule has 2 fully saturated rings. The molecule has 6 heteroatoms. The summed E-state index contributed by atoms with van der Waals surface area (Å²) in [5.41, 5.74) is 1.07. The first-order chi connectivity index (χ1) is 9.54. The van der Waals surface area contributed by atoms with Gasteiger partial charge in [-0.15, -0.1) is 0 Å². The van der Waals surface area contributed by atoms with E-state index < -0.39 is 0 Å². The lowest BCUT2D eigenvalue weighted by molar-refractivity contribution is -0.384. The fraction of sp³-hybridized carbons (Fsp3) is 0.571. The second-order valence-corrected chi connectivity index (χ2v) is 6.64. The van der Waals surface area contributed by atoms with Crippen LogP contribution in [-0.4, -0.2) is 35.0 Å². The number of halogens is 1. The van der Waals surface area contributed by atoms with Gasteiger partial charge in [0.15, 0.2) is 0 Å². The van der Waals surface area contributed by atoms with Crippen molar-refractivity contribution in [3.8, 4) is 0 Å². The zero-order chi connectivity index (χ0) is 14.3. The Bertz CT molecular complexity index is 523. The average Bonchev–Trinajstić information content (AvgIpc) is 2.64. The highest BCUT2D eigenvalue weighted by Crippen LogP contribution is 2.36. The van der Waals surface area contributed by atoms with E-state index in [1.807, 2.05) is 0 Å². The van der Waals surface area contributed by atoms with Gasteiger partial charge < -0.3 is 10.2 Å². The largest absolute Gasteiger partial charge is 0.381 e. The van der Waals surface area contributed by atoms with Crippen molar-refractivity contribution in [3.63, 3.8) is 0 Å². The minimum Gasteiger partial charge on any atom is -0.381 e. The fourth-order valence-corrected chi connectivity index (χ4v) is 3.97. The third-order valence-electron chi connectivity index (χ3n) is 4.62. The Hall–Kier alpha value is -1.14. The molecule has 2 saturated heterocycles. The van der Waals surface area contributed by atoms with Crippen LogP contribution in [-0.2, 0) is 0 Å². The molecule has 0 aromatic heterocycles. The first-order valence-corrected chi connectivity index (χ1v) is 7.76. The number of hydrogen-bond acceptors (Lipinski definition) is 4. The van der Waals surface area contributed by atoms with E-state index in [2.05, 4.69) is 33.2 Å². The highest BCUT2D eigenvalue weighted by Gasteiger charge is 2.38. The molecule has 3 rings (SSSR count). The van der Waals surface area contributed by atoms with Gasteiger partial charge in [0.25, 0.3) is 5.69 Å². The number of non-ortho nitro benzene ring substituents is 1. The number of rotatable bonds is 3. The van der Waals surface area contributed by atoms with Crippen LogP contribution in [0.25, 0.3) is 0 Å². The summed E-state index contributed by atoms with van der Waals surface area (Å²) in [6.45, 7) is 0. The molecular weight excluding hydrogens is 322 g/mol. The van der Waals surface area contributed by atoms with Crippen molar-refractivity contribution in [2.24, 2.45) is 0 Å². The lowest BCUT2D eigenvalue weighted by Gasteiger charge is -2.37. The third kappa shape index (κ3) is 2.54. The monoisotopic (exact) mass is 339 g/mol. The van der Waals surface area contributed by atoms with E-state index in [0.29, 0.717) is 18.1 Å². The molecule has 2 bridgehead atoms. The van der Waals surface area contributed by atoms with Crippen molar-refractivity contribution < 1.29 is 4.92 Å². The van der Waals surface area contributed by atoms with Gasteiger partial charge in [-0.3, -0.25) is 10.1 Å². The van der Waals surface area contributed by atoms with Gasteiger partial charge in [-0.2, -0.15) is 0 Å². The van der Waals surface area contributed by atoms with Crippen LogP contribution < -0.4 is 5.32 Å². The number of nitro groups is 1. The molecular formula is C14H18BrN3O2. The lowest BCUT2D eigenvalue weighted by atomic mass is 9.98. The number of benzene rings is 1. The summed E-state index contributed by atoms with van der Waals surface area (Å²) in [4.78, 5) is 12.9. The lowest BCUT2D eigenvalue weighted by Crippen LogP contribution is -2.44. The van der Waals surface area contributed by atoms with Gasteiger partial charge in [0.05, 0.1) is 4.92 Å². The first kappa shape index (κ1) is 13.8. The number of hydrogen-bond donors (Lipinski definition) is 1. The van der Waals surface area contributed by atoms with E-state index in [1.165, 1.54) is 12.8 Å². The molecule has 0 radical (unpaired) electrons. The molecule has 0 amide bonds. The van der Waals surface area contributed by atoms with Crippen LogP contribution in [0.15, 0.2) is 22.7 Å². The van der Waals surface area contributed by atoms with E-state index in [0.717, 1.165) is 23.0 Å². The molecule has 2 aliphatic heterocycles. The standard InChI is InChI=1S/C14H18BrN3O2/c1-17-10-2-3-11(17)7-9(6-10)16-14-5-4-12(18(19)20)8-13(14)15/h4-5,8-11,16H,2-3,6-7H2,1H3. The number of fused-ring (bicyclic) bond motifs is 2. The molecule has 108 valence electrons. The summed E-state index contributed by atoms with van der Waals surface area (Å²) in [6.07, 6.45) is 4.88. The molecule has 2 aliphatic rings. The summed E-state index contributed by atoms with van der Waals surface area (Å²) in [6, 6.07) is 6.73. The van der Waals surface area contributed by atoms with E-state index in [9.17, 15) is 10.1 Å². The predicted molar refractivity (Wildman–Crippen MR) is 82.0 cm³/mol. The van der Waals surface area contributed by atoms with Crippen molar-refractivity contribution in [1.29, 1.82) is 0 Å². The Morgan fingerprint density at radius 2 is 2.00 bits per heavy atom. The quantitative estimate of drug-likeness (QED) is 0.677. The normalized spacial score (nSPS) is 29.4. The Morgan fingerprint density at radius 3 is 2.55 bits per heavy atom. The molecule has 2 atom stereocenters. The molecule has 5 nitrogen and oxygen atoms in total. The maximum absolute atomic E-state index is 10.7. The van der Waals surface area contributed by atoms with Crippen LogP contribution >= 0.6 is 15.9 Å². The van der Waals surface area contributed by atoms with Crippen LogP contribution in [0.2, 0.25) is 0 Å². The maximum atomic E-state index is 10.7. The smallest absolute Gasteiger partial charge is 0.270 e. The van der Waals surface area contributed by atoms with Crippen molar-refractivity contribution in [3.05, 3.63) is 32.8 Å². The van der Waals surface area contributed by atoms with E-state index in [-0.39, 0.29) is 10.6 Å². The average molecular weight is 340 g/mol. The highest BCUT2D eigenvalue weighted by molar-refractivity contribution is 9.10. The Kier molecular flexibility index (Phi) is 3.69. The van der Waals surface area contributed by atoms with E-state index in [1.54, 1.807) is 18.2 Å². The molecule has 0 aliphatic carbocycles. The van der Waals surface area contributed by atoms with Gasteiger partial charge in [-0.25, -0.2) is 0 Å². The summed E-state index contributed by atoms with van der Waals surface area (Å²) in [5.74, 6) is 0. The number of anilines is 1. The molecule has 1 aromatic carbocycles. The van der Waals surface area contributed by atoms with Crippen LogP contribution in [0.5, 0.6) is 0 Å². The number of piperidine rings is 1. The number of nitrogens with one attached hydrogen (secondary N) is 1. The summed E-state index contributed by atoms with van der Waals surface area (Å²) < 4.78 is 0.762. The van der Waals surface area contributed by atoms with E-state index >= 15 is 0 Å². The minimum absolute atomic E-state index is 0.117. The SMILES string of the molecule is CN1C2CCC1CC(Nc1ccc([N+](=O)[O-])cc1Br)C2. The first-order valence-electron chi connectivity index (χ1n) is 6.97. The third-order valence-corrected chi connectivity index (χ3v) is 5.28. The van der Waals surface area contributed by atoms with Gasteiger partial charge >= 0.3 is 0 Å². The van der Waals surface area contributed by atoms with Crippen LogP contribution in [0.1, 0.15) is 25.7 Å². The summed E-state index contributed by atoms with van der Waals surface area (Å²) in [7, 11) is 2.22. The van der Waals surface area contributed by atoms with Gasteiger partial charge in [0, 0.05) is 40.4 Å². The molecule has 1 aromatic rings. The van der Waals surface area contributed by atoms with Crippen molar-refractivity contribution >= 4 is 27.3 Å². The molecule has 2 unspecified atom stereocenters. The Balaban J connectivity index is 1.71. The second kappa shape index (κ2) is 5.33. The van der Waals surface area contributed by atoms with E-state index in [4.69, 9.17) is 0 Å². The summed E-state index contributed by atoms with van der Waals surface area (Å²) in [5, 5.41) is 14.3. The van der Waals surface area contributed by atoms with Gasteiger partial charge in [-0.1, -0.05) is 0 Å². The molecule has 0 saturated carbocycles.